The topological polar surface area (TPSA) is 53.0 Å². The first-order chi connectivity index (χ1) is 12.7. The molecule has 1 fully saturated rings. The van der Waals surface area contributed by atoms with Gasteiger partial charge in [0.15, 0.2) is 0 Å². The summed E-state index contributed by atoms with van der Waals surface area (Å²) in [6, 6.07) is 10.3. The highest BCUT2D eigenvalue weighted by Crippen LogP contribution is 2.19. The average molecular weight is 350 g/mol. The van der Waals surface area contributed by atoms with E-state index in [0.29, 0.717) is 0 Å². The Morgan fingerprint density at radius 1 is 1.00 bits per heavy atom. The van der Waals surface area contributed by atoms with Crippen LogP contribution in [0, 0.1) is 6.92 Å². The highest BCUT2D eigenvalue weighted by atomic mass is 15.3. The second kappa shape index (κ2) is 7.43. The van der Waals surface area contributed by atoms with Crippen LogP contribution in [0.25, 0.3) is 11.4 Å². The van der Waals surface area contributed by atoms with Crippen LogP contribution < -0.4 is 0 Å². The highest BCUT2D eigenvalue weighted by Gasteiger charge is 2.20. The molecule has 0 unspecified atom stereocenters. The molecule has 0 aliphatic carbocycles. The van der Waals surface area contributed by atoms with Crippen LogP contribution in [-0.4, -0.2) is 55.5 Å². The number of nitrogens with zero attached hydrogens (tertiary/aromatic N) is 5. The minimum atomic E-state index is 0.908. The molecule has 2 aromatic heterocycles. The van der Waals surface area contributed by atoms with E-state index in [1.807, 2.05) is 30.6 Å². The van der Waals surface area contributed by atoms with Crippen molar-refractivity contribution in [3.63, 3.8) is 0 Å². The number of rotatable bonds is 5. The van der Waals surface area contributed by atoms with Gasteiger partial charge in [-0.2, -0.15) is 0 Å². The van der Waals surface area contributed by atoms with E-state index >= 15 is 0 Å². The summed E-state index contributed by atoms with van der Waals surface area (Å²) in [6.45, 7) is 8.23. The lowest BCUT2D eigenvalue weighted by molar-refractivity contribution is 0.118. The molecule has 1 N–H and O–H groups in total. The Bertz CT molecular complexity index is 842. The van der Waals surface area contributed by atoms with Crippen LogP contribution in [0.1, 0.15) is 17.2 Å². The molecular weight excluding hydrogens is 324 g/mol. The zero-order valence-corrected chi connectivity index (χ0v) is 15.5. The third-order valence-electron chi connectivity index (χ3n) is 5.16. The quantitative estimate of drug-likeness (QED) is 0.768. The molecule has 1 saturated heterocycles. The summed E-state index contributed by atoms with van der Waals surface area (Å²) in [7, 11) is 2.06. The second-order valence-corrected chi connectivity index (χ2v) is 7.03. The minimum Gasteiger partial charge on any atom is -0.342 e. The van der Waals surface area contributed by atoms with Crippen molar-refractivity contribution in [1.29, 1.82) is 0 Å². The molecule has 1 aliphatic heterocycles. The van der Waals surface area contributed by atoms with Gasteiger partial charge in [-0.25, -0.2) is 9.97 Å². The van der Waals surface area contributed by atoms with Gasteiger partial charge in [0.1, 0.15) is 11.6 Å². The lowest BCUT2D eigenvalue weighted by Gasteiger charge is -2.34. The summed E-state index contributed by atoms with van der Waals surface area (Å²) >= 11 is 0. The van der Waals surface area contributed by atoms with E-state index in [2.05, 4.69) is 50.4 Å². The minimum absolute atomic E-state index is 0.908. The fraction of sp³-hybridized carbons (Fsp3) is 0.400. The molecule has 0 saturated carbocycles. The van der Waals surface area contributed by atoms with E-state index in [1.54, 1.807) is 0 Å². The fourth-order valence-electron chi connectivity index (χ4n) is 3.45. The summed E-state index contributed by atoms with van der Waals surface area (Å²) in [5, 5.41) is 0. The Kier molecular flexibility index (Phi) is 4.86. The molecule has 0 bridgehead atoms. The van der Waals surface area contributed by atoms with E-state index < -0.39 is 0 Å². The molecule has 0 spiro atoms. The number of hydrogen-bond donors (Lipinski definition) is 1. The van der Waals surface area contributed by atoms with Crippen LogP contribution >= 0.6 is 0 Å². The normalized spacial score (nSPS) is 16.2. The van der Waals surface area contributed by atoms with Crippen LogP contribution in [0.15, 0.2) is 42.7 Å². The molecule has 0 radical (unpaired) electrons. The predicted molar refractivity (Wildman–Crippen MR) is 103 cm³/mol. The number of H-pyrrole nitrogens is 1. The van der Waals surface area contributed by atoms with Crippen LogP contribution in [0.4, 0.5) is 0 Å². The molecule has 0 amide bonds. The maximum atomic E-state index is 4.84. The van der Waals surface area contributed by atoms with Gasteiger partial charge in [0.05, 0.1) is 12.2 Å². The largest absolute Gasteiger partial charge is 0.342 e. The monoisotopic (exact) mass is 350 g/mol. The number of aromatic amines is 1. The Labute approximate surface area is 154 Å². The summed E-state index contributed by atoms with van der Waals surface area (Å²) < 4.78 is 2.10. The first kappa shape index (κ1) is 17.0. The van der Waals surface area contributed by atoms with Crippen molar-refractivity contribution >= 4 is 0 Å². The fourth-order valence-corrected chi connectivity index (χ4v) is 3.45. The number of imidazole rings is 2. The van der Waals surface area contributed by atoms with Crippen molar-refractivity contribution in [2.75, 3.05) is 26.2 Å². The van der Waals surface area contributed by atoms with Gasteiger partial charge in [-0.1, -0.05) is 30.3 Å². The average Bonchev–Trinajstić information content (AvgIpc) is 3.23. The zero-order chi connectivity index (χ0) is 17.9. The Morgan fingerprint density at radius 2 is 1.69 bits per heavy atom. The summed E-state index contributed by atoms with van der Waals surface area (Å²) in [4.78, 5) is 17.7. The van der Waals surface area contributed by atoms with E-state index in [1.165, 1.54) is 5.69 Å². The van der Waals surface area contributed by atoms with Crippen LogP contribution in [0.5, 0.6) is 0 Å². The van der Waals surface area contributed by atoms with Crippen molar-refractivity contribution in [3.05, 3.63) is 59.9 Å². The molecule has 3 aromatic rings. The number of aromatic nitrogens is 4. The predicted octanol–water partition coefficient (Wildman–Crippen LogP) is 2.44. The molecule has 3 heterocycles. The number of benzene rings is 1. The van der Waals surface area contributed by atoms with E-state index in [-0.39, 0.29) is 0 Å². The molecule has 4 rings (SSSR count). The molecule has 6 heteroatoms. The van der Waals surface area contributed by atoms with Crippen LogP contribution in [0.2, 0.25) is 0 Å². The van der Waals surface area contributed by atoms with Gasteiger partial charge >= 0.3 is 0 Å². The first-order valence-corrected chi connectivity index (χ1v) is 9.21. The first-order valence-electron chi connectivity index (χ1n) is 9.21. The van der Waals surface area contributed by atoms with Gasteiger partial charge in [-0.05, 0) is 6.92 Å². The molecule has 0 atom stereocenters. The Hall–Kier alpha value is -2.44. The molecule has 136 valence electrons. The second-order valence-electron chi connectivity index (χ2n) is 7.03. The van der Waals surface area contributed by atoms with Gasteiger partial charge < -0.3 is 9.55 Å². The van der Waals surface area contributed by atoms with Crippen LogP contribution in [0.3, 0.4) is 0 Å². The van der Waals surface area contributed by atoms with Crippen LogP contribution in [-0.2, 0) is 20.1 Å². The number of nitrogens with one attached hydrogen (secondary N) is 1. The van der Waals surface area contributed by atoms with Gasteiger partial charge in [0.2, 0.25) is 0 Å². The Morgan fingerprint density at radius 3 is 2.35 bits per heavy atom. The highest BCUT2D eigenvalue weighted by molar-refractivity contribution is 5.55. The summed E-state index contributed by atoms with van der Waals surface area (Å²) in [5.41, 5.74) is 3.46. The Balaban J connectivity index is 1.35. The lowest BCUT2D eigenvalue weighted by Crippen LogP contribution is -2.45. The molecule has 6 nitrogen and oxygen atoms in total. The molecule has 1 aliphatic rings. The SMILES string of the molecule is Cc1[nH]c(-c2ccccc2)nc1CN1CCN(Cc2nccn2C)CC1. The smallest absolute Gasteiger partial charge is 0.137 e. The zero-order valence-electron chi connectivity index (χ0n) is 15.5. The van der Waals surface area contributed by atoms with Crippen molar-refractivity contribution in [3.8, 4) is 11.4 Å². The van der Waals surface area contributed by atoms with Crippen molar-refractivity contribution in [2.24, 2.45) is 7.05 Å². The molecular formula is C20H26N6. The maximum Gasteiger partial charge on any atom is 0.137 e. The lowest BCUT2D eigenvalue weighted by atomic mass is 10.2. The van der Waals surface area contributed by atoms with Crippen molar-refractivity contribution < 1.29 is 0 Å². The third-order valence-corrected chi connectivity index (χ3v) is 5.16. The van der Waals surface area contributed by atoms with E-state index in [9.17, 15) is 0 Å². The summed E-state index contributed by atoms with van der Waals surface area (Å²) in [5.74, 6) is 2.10. The van der Waals surface area contributed by atoms with Gasteiger partial charge in [-0.15, -0.1) is 0 Å². The van der Waals surface area contributed by atoms with Crippen molar-refractivity contribution in [2.45, 2.75) is 20.0 Å². The van der Waals surface area contributed by atoms with Crippen molar-refractivity contribution in [1.82, 2.24) is 29.3 Å². The number of aryl methyl sites for hydroxylation is 2. The molecule has 1 aromatic carbocycles. The molecule has 26 heavy (non-hydrogen) atoms. The number of hydrogen-bond acceptors (Lipinski definition) is 4. The maximum absolute atomic E-state index is 4.84. The van der Waals surface area contributed by atoms with Gasteiger partial charge in [0.25, 0.3) is 0 Å². The van der Waals surface area contributed by atoms with Gasteiger partial charge in [0, 0.05) is 63.4 Å². The van der Waals surface area contributed by atoms with Gasteiger partial charge in [-0.3, -0.25) is 9.80 Å². The van der Waals surface area contributed by atoms with E-state index in [0.717, 1.165) is 62.2 Å². The number of piperazine rings is 1. The van der Waals surface area contributed by atoms with E-state index in [4.69, 9.17) is 4.98 Å². The summed E-state index contributed by atoms with van der Waals surface area (Å²) in [6.07, 6.45) is 3.88. The standard InChI is InChI=1S/C20H26N6/c1-16-18(23-20(22-16)17-6-4-3-5-7-17)14-25-10-12-26(13-11-25)15-19-21-8-9-24(19)2/h3-9H,10-15H2,1-2H3,(H,22,23). The third kappa shape index (κ3) is 3.71.